The first kappa shape index (κ1) is 15.7. The molecule has 24 heavy (non-hydrogen) atoms. The average Bonchev–Trinajstić information content (AvgIpc) is 2.98. The molecule has 0 amide bonds. The second-order valence-corrected chi connectivity index (χ2v) is 4.84. The number of methoxy groups -OCH3 is 2. The van der Waals surface area contributed by atoms with Gasteiger partial charge in [0.2, 0.25) is 0 Å². The van der Waals surface area contributed by atoms with Crippen molar-refractivity contribution < 1.29 is 18.7 Å². The third-order valence-electron chi connectivity index (χ3n) is 3.31. The van der Waals surface area contributed by atoms with Crippen LogP contribution in [0.4, 0.5) is 15.9 Å². The summed E-state index contributed by atoms with van der Waals surface area (Å²) >= 11 is 0. The van der Waals surface area contributed by atoms with Crippen molar-refractivity contribution in [2.45, 2.75) is 6.54 Å². The molecule has 0 saturated carbocycles. The van der Waals surface area contributed by atoms with E-state index in [-0.39, 0.29) is 6.54 Å². The molecule has 2 heterocycles. The molecule has 3 rings (SSSR count). The van der Waals surface area contributed by atoms with Gasteiger partial charge in [0.1, 0.15) is 30.3 Å². The number of halogens is 1. The Kier molecular flexibility index (Phi) is 4.23. The summed E-state index contributed by atoms with van der Waals surface area (Å²) in [5.74, 6) is -0.0699. The van der Waals surface area contributed by atoms with E-state index in [1.807, 2.05) is 0 Å². The van der Waals surface area contributed by atoms with Crippen LogP contribution in [-0.2, 0) is 16.1 Å². The van der Waals surface area contributed by atoms with E-state index in [1.165, 1.54) is 43.6 Å². The molecule has 0 aliphatic heterocycles. The number of hydrogen-bond acceptors (Lipinski definition) is 7. The van der Waals surface area contributed by atoms with E-state index in [0.29, 0.717) is 28.3 Å². The molecule has 0 aliphatic carbocycles. The molecule has 3 aromatic rings. The van der Waals surface area contributed by atoms with Gasteiger partial charge in [-0.25, -0.2) is 19.0 Å². The van der Waals surface area contributed by atoms with E-state index < -0.39 is 11.8 Å². The van der Waals surface area contributed by atoms with Crippen molar-refractivity contribution in [3.05, 3.63) is 36.5 Å². The number of esters is 1. The number of carbonyl (C=O) groups excluding carboxylic acids is 1. The first-order valence-electron chi connectivity index (χ1n) is 6.95. The Morgan fingerprint density at radius 3 is 2.88 bits per heavy atom. The fraction of sp³-hybridized carbons (Fsp3) is 0.200. The second kappa shape index (κ2) is 6.49. The molecule has 9 heteroatoms. The van der Waals surface area contributed by atoms with Crippen LogP contribution in [0.3, 0.4) is 0 Å². The number of fused-ring (bicyclic) bond motifs is 1. The molecule has 8 nitrogen and oxygen atoms in total. The zero-order valence-electron chi connectivity index (χ0n) is 13.0. The number of anilines is 2. The Hall–Kier alpha value is -3.23. The lowest BCUT2D eigenvalue weighted by Crippen LogP contribution is -2.13. The maximum atomic E-state index is 13.6. The minimum atomic E-state index is -0.442. The van der Waals surface area contributed by atoms with Gasteiger partial charge in [-0.2, -0.15) is 5.10 Å². The summed E-state index contributed by atoms with van der Waals surface area (Å²) in [4.78, 5) is 19.7. The quantitative estimate of drug-likeness (QED) is 0.714. The molecule has 0 atom stereocenters. The molecule has 2 aromatic heterocycles. The van der Waals surface area contributed by atoms with Gasteiger partial charge in [-0.3, -0.25) is 4.79 Å². The Morgan fingerprint density at radius 2 is 2.12 bits per heavy atom. The third-order valence-corrected chi connectivity index (χ3v) is 3.31. The number of ether oxygens (including phenoxy) is 2. The molecule has 0 fully saturated rings. The average molecular weight is 331 g/mol. The Labute approximate surface area is 136 Å². The Bertz CT molecular complexity index is 896. The predicted octanol–water partition coefficient (Wildman–Crippen LogP) is 1.89. The van der Waals surface area contributed by atoms with Gasteiger partial charge in [0.15, 0.2) is 5.65 Å². The Morgan fingerprint density at radius 1 is 1.29 bits per heavy atom. The maximum absolute atomic E-state index is 13.6. The van der Waals surface area contributed by atoms with E-state index in [1.54, 1.807) is 6.07 Å². The van der Waals surface area contributed by atoms with Gasteiger partial charge in [-0.05, 0) is 6.07 Å². The van der Waals surface area contributed by atoms with Gasteiger partial charge >= 0.3 is 5.97 Å². The minimum absolute atomic E-state index is 0.0652. The number of carbonyl (C=O) groups is 1. The molecule has 0 aliphatic rings. The largest absolute Gasteiger partial charge is 0.497 e. The van der Waals surface area contributed by atoms with E-state index in [0.717, 1.165) is 0 Å². The van der Waals surface area contributed by atoms with Crippen molar-refractivity contribution in [3.63, 3.8) is 0 Å². The topological polar surface area (TPSA) is 91.2 Å². The third kappa shape index (κ3) is 3.09. The molecule has 0 radical (unpaired) electrons. The molecular weight excluding hydrogens is 317 g/mol. The van der Waals surface area contributed by atoms with E-state index in [2.05, 4.69) is 25.1 Å². The highest BCUT2D eigenvalue weighted by molar-refractivity contribution is 5.88. The van der Waals surface area contributed by atoms with Crippen molar-refractivity contribution >= 4 is 28.5 Å². The standard InChI is InChI=1S/C15H14FN5O3/c1-23-11-4-9(16)3-10(5-11)20-14-12-6-19-21(7-13(22)24-2)15(12)18-8-17-14/h3-6,8H,7H2,1-2H3,(H,17,18,20). The number of hydrogen-bond donors (Lipinski definition) is 1. The number of aromatic nitrogens is 4. The lowest BCUT2D eigenvalue weighted by molar-refractivity contribution is -0.141. The van der Waals surface area contributed by atoms with Crippen LogP contribution in [0, 0.1) is 5.82 Å². The van der Waals surface area contributed by atoms with E-state index in [9.17, 15) is 9.18 Å². The van der Waals surface area contributed by atoms with Crippen molar-refractivity contribution in [2.24, 2.45) is 0 Å². The summed E-state index contributed by atoms with van der Waals surface area (Å²) in [5.41, 5.74) is 0.925. The molecule has 1 N–H and O–H groups in total. The summed E-state index contributed by atoms with van der Waals surface area (Å²) in [6.45, 7) is -0.0652. The molecule has 1 aromatic carbocycles. The SMILES string of the molecule is COC(=O)Cn1ncc2c(Nc3cc(F)cc(OC)c3)ncnc21. The summed E-state index contributed by atoms with van der Waals surface area (Å²) in [6.07, 6.45) is 2.85. The fourth-order valence-electron chi connectivity index (χ4n) is 2.18. The van der Waals surface area contributed by atoms with Crippen LogP contribution < -0.4 is 10.1 Å². The normalized spacial score (nSPS) is 10.6. The van der Waals surface area contributed by atoms with Crippen molar-refractivity contribution in [3.8, 4) is 5.75 Å². The van der Waals surface area contributed by atoms with Crippen molar-refractivity contribution in [1.29, 1.82) is 0 Å². The van der Waals surface area contributed by atoms with Gasteiger partial charge < -0.3 is 14.8 Å². The van der Waals surface area contributed by atoms with Crippen LogP contribution >= 0.6 is 0 Å². The van der Waals surface area contributed by atoms with Crippen LogP contribution in [0.1, 0.15) is 0 Å². The molecule has 0 unspecified atom stereocenters. The van der Waals surface area contributed by atoms with Gasteiger partial charge in [-0.1, -0.05) is 0 Å². The summed E-state index contributed by atoms with van der Waals surface area (Å²) < 4.78 is 24.7. The zero-order valence-corrected chi connectivity index (χ0v) is 13.0. The monoisotopic (exact) mass is 331 g/mol. The van der Waals surface area contributed by atoms with Crippen LogP contribution in [0.2, 0.25) is 0 Å². The van der Waals surface area contributed by atoms with Crippen molar-refractivity contribution in [2.75, 3.05) is 19.5 Å². The lowest BCUT2D eigenvalue weighted by atomic mass is 10.2. The van der Waals surface area contributed by atoms with Crippen molar-refractivity contribution in [1.82, 2.24) is 19.7 Å². The highest BCUT2D eigenvalue weighted by Gasteiger charge is 2.13. The highest BCUT2D eigenvalue weighted by atomic mass is 19.1. The Balaban J connectivity index is 1.96. The minimum Gasteiger partial charge on any atom is -0.497 e. The lowest BCUT2D eigenvalue weighted by Gasteiger charge is -2.08. The number of nitrogens with zero attached hydrogens (tertiary/aromatic N) is 4. The summed E-state index contributed by atoms with van der Waals surface area (Å²) in [6, 6.07) is 4.22. The van der Waals surface area contributed by atoms with Crippen LogP contribution in [0.5, 0.6) is 5.75 Å². The number of rotatable bonds is 5. The molecule has 124 valence electrons. The summed E-state index contributed by atoms with van der Waals surface area (Å²) in [7, 11) is 2.76. The first-order valence-corrected chi connectivity index (χ1v) is 6.95. The van der Waals surface area contributed by atoms with Gasteiger partial charge in [-0.15, -0.1) is 0 Å². The van der Waals surface area contributed by atoms with Gasteiger partial charge in [0.25, 0.3) is 0 Å². The van der Waals surface area contributed by atoms with Crippen LogP contribution in [0.25, 0.3) is 11.0 Å². The number of benzene rings is 1. The molecule has 0 spiro atoms. The highest BCUT2D eigenvalue weighted by Crippen LogP contribution is 2.26. The second-order valence-electron chi connectivity index (χ2n) is 4.84. The van der Waals surface area contributed by atoms with E-state index in [4.69, 9.17) is 4.74 Å². The van der Waals surface area contributed by atoms with Crippen LogP contribution in [0.15, 0.2) is 30.7 Å². The first-order chi connectivity index (χ1) is 11.6. The summed E-state index contributed by atoms with van der Waals surface area (Å²) in [5, 5.41) is 7.70. The predicted molar refractivity (Wildman–Crippen MR) is 83.6 cm³/mol. The fourth-order valence-corrected chi connectivity index (χ4v) is 2.18. The van der Waals surface area contributed by atoms with E-state index >= 15 is 0 Å². The molecule has 0 saturated heterocycles. The van der Waals surface area contributed by atoms with Gasteiger partial charge in [0.05, 0.1) is 25.8 Å². The number of nitrogens with one attached hydrogen (secondary N) is 1. The zero-order chi connectivity index (χ0) is 17.1. The molecular formula is C15H14FN5O3. The smallest absolute Gasteiger partial charge is 0.327 e. The van der Waals surface area contributed by atoms with Gasteiger partial charge in [0, 0.05) is 17.8 Å². The van der Waals surface area contributed by atoms with Crippen LogP contribution in [-0.4, -0.2) is 39.9 Å². The maximum Gasteiger partial charge on any atom is 0.327 e. The molecule has 0 bridgehead atoms.